The lowest BCUT2D eigenvalue weighted by molar-refractivity contribution is 0.319. The summed E-state index contributed by atoms with van der Waals surface area (Å²) in [5.41, 5.74) is 0. The Labute approximate surface area is 115 Å². The molecule has 0 bridgehead atoms. The van der Waals surface area contributed by atoms with Gasteiger partial charge in [-0.05, 0) is 24.8 Å². The first-order chi connectivity index (χ1) is 9.04. The van der Waals surface area contributed by atoms with Crippen LogP contribution in [-0.2, 0) is 22.8 Å². The SMILES string of the molecule is Cc1nnc(S(=O)(=O)CCO)n1CCc1cccs1. The molecule has 0 saturated heterocycles. The highest BCUT2D eigenvalue weighted by molar-refractivity contribution is 7.91. The molecule has 104 valence electrons. The average Bonchev–Trinajstić information content (AvgIpc) is 2.96. The quantitative estimate of drug-likeness (QED) is 0.847. The molecular weight excluding hydrogens is 286 g/mol. The fourth-order valence-electron chi connectivity index (χ4n) is 1.74. The van der Waals surface area contributed by atoms with Gasteiger partial charge in [0.1, 0.15) is 5.82 Å². The van der Waals surface area contributed by atoms with E-state index in [4.69, 9.17) is 5.11 Å². The second-order valence-corrected chi connectivity index (χ2v) is 7.09. The molecule has 0 amide bonds. The first kappa shape index (κ1) is 14.2. The molecule has 0 fully saturated rings. The topological polar surface area (TPSA) is 85.1 Å². The van der Waals surface area contributed by atoms with Crippen molar-refractivity contribution in [3.05, 3.63) is 28.2 Å². The molecule has 1 N–H and O–H groups in total. The van der Waals surface area contributed by atoms with Gasteiger partial charge in [0.2, 0.25) is 15.0 Å². The predicted octanol–water partition coefficient (Wildman–Crippen LogP) is 0.657. The molecule has 8 heteroatoms. The normalized spacial score (nSPS) is 11.9. The van der Waals surface area contributed by atoms with Crippen LogP contribution in [0.1, 0.15) is 10.7 Å². The fraction of sp³-hybridized carbons (Fsp3) is 0.455. The smallest absolute Gasteiger partial charge is 0.249 e. The number of sulfone groups is 1. The Bertz CT molecular complexity index is 632. The molecule has 0 spiro atoms. The summed E-state index contributed by atoms with van der Waals surface area (Å²) in [5.74, 6) is 0.234. The van der Waals surface area contributed by atoms with Crippen molar-refractivity contribution in [1.29, 1.82) is 0 Å². The first-order valence-corrected chi connectivity index (χ1v) is 8.33. The third kappa shape index (κ3) is 3.20. The first-order valence-electron chi connectivity index (χ1n) is 5.80. The van der Waals surface area contributed by atoms with Gasteiger partial charge < -0.3 is 9.67 Å². The van der Waals surface area contributed by atoms with Crippen molar-refractivity contribution < 1.29 is 13.5 Å². The van der Waals surface area contributed by atoms with Crippen molar-refractivity contribution in [2.45, 2.75) is 25.0 Å². The van der Waals surface area contributed by atoms with E-state index in [-0.39, 0.29) is 10.9 Å². The molecule has 2 rings (SSSR count). The minimum atomic E-state index is -3.57. The summed E-state index contributed by atoms with van der Waals surface area (Å²) in [7, 11) is -3.57. The van der Waals surface area contributed by atoms with E-state index in [1.54, 1.807) is 22.8 Å². The van der Waals surface area contributed by atoms with E-state index in [1.165, 1.54) is 4.88 Å². The number of nitrogens with zero attached hydrogens (tertiary/aromatic N) is 3. The maximum atomic E-state index is 11.9. The molecule has 19 heavy (non-hydrogen) atoms. The number of hydrogen-bond acceptors (Lipinski definition) is 6. The summed E-state index contributed by atoms with van der Waals surface area (Å²) in [6, 6.07) is 3.97. The van der Waals surface area contributed by atoms with Crippen molar-refractivity contribution in [2.24, 2.45) is 0 Å². The molecule has 0 aromatic carbocycles. The van der Waals surface area contributed by atoms with Crippen LogP contribution in [0.3, 0.4) is 0 Å². The van der Waals surface area contributed by atoms with Crippen LogP contribution in [0.4, 0.5) is 0 Å². The maximum absolute atomic E-state index is 11.9. The van der Waals surface area contributed by atoms with E-state index >= 15 is 0 Å². The zero-order valence-corrected chi connectivity index (χ0v) is 12.1. The van der Waals surface area contributed by atoms with E-state index in [2.05, 4.69) is 10.2 Å². The van der Waals surface area contributed by atoms with Crippen LogP contribution in [0.2, 0.25) is 0 Å². The Balaban J connectivity index is 2.23. The van der Waals surface area contributed by atoms with Gasteiger partial charge in [-0.1, -0.05) is 6.07 Å². The third-order valence-electron chi connectivity index (χ3n) is 2.70. The summed E-state index contributed by atoms with van der Waals surface area (Å²) in [4.78, 5) is 1.18. The summed E-state index contributed by atoms with van der Waals surface area (Å²) in [6.07, 6.45) is 0.734. The van der Waals surface area contributed by atoms with Gasteiger partial charge in [-0.3, -0.25) is 0 Å². The second kappa shape index (κ2) is 5.81. The Morgan fingerprint density at radius 2 is 2.21 bits per heavy atom. The van der Waals surface area contributed by atoms with E-state index < -0.39 is 16.4 Å². The van der Waals surface area contributed by atoms with Crippen LogP contribution < -0.4 is 0 Å². The zero-order valence-electron chi connectivity index (χ0n) is 10.5. The summed E-state index contributed by atoms with van der Waals surface area (Å²) < 4.78 is 25.5. The Kier molecular flexibility index (Phi) is 4.33. The van der Waals surface area contributed by atoms with Crippen LogP contribution in [0, 0.1) is 6.92 Å². The molecule has 2 aromatic heterocycles. The van der Waals surface area contributed by atoms with Crippen LogP contribution >= 0.6 is 11.3 Å². The van der Waals surface area contributed by atoms with E-state index in [1.807, 2.05) is 17.5 Å². The minimum Gasteiger partial charge on any atom is -0.395 e. The van der Waals surface area contributed by atoms with Gasteiger partial charge in [-0.25, -0.2) is 8.42 Å². The third-order valence-corrected chi connectivity index (χ3v) is 5.22. The van der Waals surface area contributed by atoms with Crippen molar-refractivity contribution in [1.82, 2.24) is 14.8 Å². The monoisotopic (exact) mass is 301 g/mol. The van der Waals surface area contributed by atoms with E-state index in [0.717, 1.165) is 6.42 Å². The molecule has 0 aliphatic heterocycles. The maximum Gasteiger partial charge on any atom is 0.249 e. The highest BCUT2D eigenvalue weighted by atomic mass is 32.2. The number of rotatable bonds is 6. The molecular formula is C11H15N3O3S2. The number of aromatic nitrogens is 3. The average molecular weight is 301 g/mol. The van der Waals surface area contributed by atoms with E-state index in [0.29, 0.717) is 12.4 Å². The Morgan fingerprint density at radius 3 is 2.84 bits per heavy atom. The summed E-state index contributed by atoms with van der Waals surface area (Å²) in [5, 5.41) is 18.3. The second-order valence-electron chi connectivity index (χ2n) is 4.05. The minimum absolute atomic E-state index is 0.0596. The number of aryl methyl sites for hydroxylation is 2. The van der Waals surface area contributed by atoms with Gasteiger partial charge in [-0.2, -0.15) is 0 Å². The molecule has 2 aromatic rings. The van der Waals surface area contributed by atoms with Gasteiger partial charge in [-0.15, -0.1) is 21.5 Å². The predicted molar refractivity (Wildman–Crippen MR) is 71.9 cm³/mol. The molecule has 2 heterocycles. The lowest BCUT2D eigenvalue weighted by Gasteiger charge is -2.07. The van der Waals surface area contributed by atoms with Gasteiger partial charge in [0.25, 0.3) is 0 Å². The van der Waals surface area contributed by atoms with E-state index in [9.17, 15) is 8.42 Å². The van der Waals surface area contributed by atoms with Gasteiger partial charge in [0.05, 0.1) is 12.4 Å². The lowest BCUT2D eigenvalue weighted by atomic mass is 10.3. The molecule has 0 atom stereocenters. The highest BCUT2D eigenvalue weighted by Crippen LogP contribution is 2.14. The largest absolute Gasteiger partial charge is 0.395 e. The Morgan fingerprint density at radius 1 is 1.42 bits per heavy atom. The van der Waals surface area contributed by atoms with Crippen LogP contribution in [0.5, 0.6) is 0 Å². The molecule has 0 aliphatic rings. The van der Waals surface area contributed by atoms with Crippen LogP contribution in [0.25, 0.3) is 0 Å². The molecule has 0 radical (unpaired) electrons. The number of aliphatic hydroxyl groups excluding tert-OH is 1. The van der Waals surface area contributed by atoms with Gasteiger partial charge in [0.15, 0.2) is 0 Å². The molecule has 0 unspecified atom stereocenters. The number of aliphatic hydroxyl groups is 1. The van der Waals surface area contributed by atoms with Gasteiger partial charge >= 0.3 is 0 Å². The van der Waals surface area contributed by atoms with Crippen LogP contribution in [0.15, 0.2) is 22.7 Å². The lowest BCUT2D eigenvalue weighted by Crippen LogP contribution is -2.17. The number of thiophene rings is 1. The molecule has 0 saturated carbocycles. The molecule has 6 nitrogen and oxygen atoms in total. The fourth-order valence-corrected chi connectivity index (χ4v) is 3.58. The summed E-state index contributed by atoms with van der Waals surface area (Å²) in [6.45, 7) is 1.82. The Hall–Kier alpha value is -1.25. The van der Waals surface area contributed by atoms with Gasteiger partial charge in [0, 0.05) is 11.4 Å². The highest BCUT2D eigenvalue weighted by Gasteiger charge is 2.22. The van der Waals surface area contributed by atoms with Crippen molar-refractivity contribution >= 4 is 21.2 Å². The molecule has 0 aliphatic carbocycles. The van der Waals surface area contributed by atoms with Crippen molar-refractivity contribution in [3.8, 4) is 0 Å². The summed E-state index contributed by atoms with van der Waals surface area (Å²) >= 11 is 1.63. The van der Waals surface area contributed by atoms with Crippen LogP contribution in [-0.4, -0.2) is 40.6 Å². The zero-order chi connectivity index (χ0) is 13.9. The number of hydrogen-bond donors (Lipinski definition) is 1. The van der Waals surface area contributed by atoms with Crippen molar-refractivity contribution in [2.75, 3.05) is 12.4 Å². The van der Waals surface area contributed by atoms with Crippen molar-refractivity contribution in [3.63, 3.8) is 0 Å². The standard InChI is InChI=1S/C11H15N3O3S2/c1-9-12-13-11(19(16,17)8-6-15)14(9)5-4-10-3-2-7-18-10/h2-3,7,15H,4-6,8H2,1H3.